The van der Waals surface area contributed by atoms with E-state index in [9.17, 15) is 9.90 Å². The minimum absolute atomic E-state index is 0.186. The van der Waals surface area contributed by atoms with Gasteiger partial charge in [-0.15, -0.1) is 6.58 Å². The maximum absolute atomic E-state index is 12.9. The molecule has 0 aromatic carbocycles. The molecule has 1 aromatic rings. The lowest BCUT2D eigenvalue weighted by Crippen LogP contribution is -2.29. The van der Waals surface area contributed by atoms with Gasteiger partial charge in [0.05, 0.1) is 7.11 Å². The number of methoxy groups -OCH3 is 2. The Morgan fingerprint density at radius 1 is 1.10 bits per heavy atom. The number of rotatable bonds is 13. The zero-order chi connectivity index (χ0) is 21.9. The zero-order valence-corrected chi connectivity index (χ0v) is 18.6. The molecule has 5 nitrogen and oxygen atoms in total. The van der Waals surface area contributed by atoms with Gasteiger partial charge in [-0.2, -0.15) is 0 Å². The van der Waals surface area contributed by atoms with Gasteiger partial charge in [0.15, 0.2) is 11.2 Å². The molecule has 2 atom stereocenters. The molecule has 1 heterocycles. The molecule has 0 saturated heterocycles. The maximum Gasteiger partial charge on any atom is 0.199 e. The first kappa shape index (κ1) is 24.2. The molecule has 166 valence electrons. The second-order valence-corrected chi connectivity index (χ2v) is 7.78. The van der Waals surface area contributed by atoms with E-state index in [1.54, 1.807) is 13.0 Å². The lowest BCUT2D eigenvalue weighted by Gasteiger charge is -2.26. The van der Waals surface area contributed by atoms with Crippen LogP contribution in [-0.2, 0) is 9.47 Å². The molecule has 30 heavy (non-hydrogen) atoms. The SMILES string of the molecule is C=CCCCCCCCCC/C=C\c1oc2c(c(=O)c1C)C(OC)=CC(OC)[C@H]2O. The highest BCUT2D eigenvalue weighted by Gasteiger charge is 2.34. The van der Waals surface area contributed by atoms with Crippen LogP contribution in [0.4, 0.5) is 0 Å². The van der Waals surface area contributed by atoms with Crippen LogP contribution in [0.3, 0.4) is 0 Å². The molecular formula is C25H36O5. The quantitative estimate of drug-likeness (QED) is 0.330. The van der Waals surface area contributed by atoms with Crippen molar-refractivity contribution in [2.24, 2.45) is 0 Å². The molecule has 0 fully saturated rings. The van der Waals surface area contributed by atoms with Gasteiger partial charge in [-0.05, 0) is 44.8 Å². The molecule has 1 aliphatic rings. The van der Waals surface area contributed by atoms with Gasteiger partial charge in [-0.3, -0.25) is 4.79 Å². The fraction of sp³-hybridized carbons (Fsp3) is 0.560. The Balaban J connectivity index is 1.94. The molecule has 1 aromatic heterocycles. The van der Waals surface area contributed by atoms with Crippen molar-refractivity contribution >= 4 is 11.8 Å². The molecule has 1 aliphatic carbocycles. The highest BCUT2D eigenvalue weighted by atomic mass is 16.5. The smallest absolute Gasteiger partial charge is 0.199 e. The lowest BCUT2D eigenvalue weighted by atomic mass is 9.95. The fourth-order valence-electron chi connectivity index (χ4n) is 3.72. The van der Waals surface area contributed by atoms with Crippen LogP contribution in [0.25, 0.3) is 11.8 Å². The number of fused-ring (bicyclic) bond motifs is 1. The second-order valence-electron chi connectivity index (χ2n) is 7.78. The normalized spacial score (nSPS) is 18.3. The average Bonchev–Trinajstić information content (AvgIpc) is 2.75. The minimum Gasteiger partial charge on any atom is -0.496 e. The molecule has 0 bridgehead atoms. The summed E-state index contributed by atoms with van der Waals surface area (Å²) in [6, 6.07) is 0. The molecule has 2 rings (SSSR count). The topological polar surface area (TPSA) is 68.9 Å². The van der Waals surface area contributed by atoms with E-state index < -0.39 is 12.2 Å². The summed E-state index contributed by atoms with van der Waals surface area (Å²) in [5.74, 6) is 1.05. The van der Waals surface area contributed by atoms with Gasteiger partial charge in [-0.1, -0.05) is 44.3 Å². The summed E-state index contributed by atoms with van der Waals surface area (Å²) in [4.78, 5) is 12.9. The van der Waals surface area contributed by atoms with Crippen molar-refractivity contribution in [3.8, 4) is 0 Å². The molecule has 1 N–H and O–H groups in total. The first-order valence-corrected chi connectivity index (χ1v) is 11.0. The molecule has 5 heteroatoms. The molecule has 0 radical (unpaired) electrons. The number of hydrogen-bond acceptors (Lipinski definition) is 5. The average molecular weight is 417 g/mol. The summed E-state index contributed by atoms with van der Waals surface area (Å²) < 4.78 is 16.6. The summed E-state index contributed by atoms with van der Waals surface area (Å²) >= 11 is 0. The van der Waals surface area contributed by atoms with Crippen LogP contribution in [0.15, 0.2) is 34.0 Å². The number of aliphatic hydroxyl groups excluding tert-OH is 1. The van der Waals surface area contributed by atoms with E-state index in [1.807, 2.05) is 18.2 Å². The van der Waals surface area contributed by atoms with Gasteiger partial charge in [-0.25, -0.2) is 0 Å². The maximum atomic E-state index is 12.9. The molecule has 0 aliphatic heterocycles. The Labute approximate surface area is 180 Å². The summed E-state index contributed by atoms with van der Waals surface area (Å²) in [7, 11) is 2.99. The van der Waals surface area contributed by atoms with Gasteiger partial charge in [0, 0.05) is 12.7 Å². The summed E-state index contributed by atoms with van der Waals surface area (Å²) in [5.41, 5.74) is 0.602. The van der Waals surface area contributed by atoms with E-state index in [1.165, 1.54) is 52.7 Å². The molecule has 1 unspecified atom stereocenters. The number of allylic oxidation sites excluding steroid dienone is 2. The van der Waals surface area contributed by atoms with E-state index in [4.69, 9.17) is 13.9 Å². The number of ether oxygens (including phenoxy) is 2. The van der Waals surface area contributed by atoms with Gasteiger partial charge >= 0.3 is 0 Å². The third-order valence-electron chi connectivity index (χ3n) is 5.59. The summed E-state index contributed by atoms with van der Waals surface area (Å²) in [6.07, 6.45) is 16.6. The van der Waals surface area contributed by atoms with Crippen molar-refractivity contribution in [1.82, 2.24) is 0 Å². The summed E-state index contributed by atoms with van der Waals surface area (Å²) in [5, 5.41) is 10.5. The molecular weight excluding hydrogens is 380 g/mol. The summed E-state index contributed by atoms with van der Waals surface area (Å²) in [6.45, 7) is 5.49. The van der Waals surface area contributed by atoms with Crippen molar-refractivity contribution in [2.75, 3.05) is 14.2 Å². The van der Waals surface area contributed by atoms with Crippen LogP contribution in [0, 0.1) is 6.92 Å². The molecule has 0 spiro atoms. The van der Waals surface area contributed by atoms with Gasteiger partial charge in [0.25, 0.3) is 0 Å². The van der Waals surface area contributed by atoms with Crippen molar-refractivity contribution in [3.63, 3.8) is 0 Å². The molecule has 0 amide bonds. The van der Waals surface area contributed by atoms with Gasteiger partial charge in [0.1, 0.15) is 29.3 Å². The van der Waals surface area contributed by atoms with Gasteiger partial charge < -0.3 is 19.0 Å². The first-order valence-electron chi connectivity index (χ1n) is 11.0. The third kappa shape index (κ3) is 6.19. The van der Waals surface area contributed by atoms with E-state index in [2.05, 4.69) is 6.58 Å². The highest BCUT2D eigenvalue weighted by Crippen LogP contribution is 2.34. The van der Waals surface area contributed by atoms with Crippen LogP contribution >= 0.6 is 0 Å². The Hall–Kier alpha value is -2.11. The largest absolute Gasteiger partial charge is 0.496 e. The van der Waals surface area contributed by atoms with Crippen molar-refractivity contribution in [2.45, 2.75) is 76.9 Å². The van der Waals surface area contributed by atoms with E-state index >= 15 is 0 Å². The molecule has 0 saturated carbocycles. The fourth-order valence-corrected chi connectivity index (χ4v) is 3.72. The zero-order valence-electron chi connectivity index (χ0n) is 18.6. The van der Waals surface area contributed by atoms with E-state index in [0.29, 0.717) is 17.1 Å². The number of hydrogen-bond donors (Lipinski definition) is 1. The van der Waals surface area contributed by atoms with Crippen LogP contribution in [-0.4, -0.2) is 25.4 Å². The van der Waals surface area contributed by atoms with Crippen LogP contribution in [0.5, 0.6) is 0 Å². The Morgan fingerprint density at radius 2 is 1.73 bits per heavy atom. The minimum atomic E-state index is -1.05. The standard InChI is InChI=1S/C25H36O5/c1-5-6-7-8-9-10-11-12-13-14-15-16-19-18(2)23(26)22-20(28-3)17-21(29-4)24(27)25(22)30-19/h5,15-17,21,24,27H,1,6-14H2,2-4H3/b16-15-/t21?,24-/m1/s1. The van der Waals surface area contributed by atoms with Crippen LogP contribution < -0.4 is 5.43 Å². The van der Waals surface area contributed by atoms with Crippen molar-refractivity contribution in [1.29, 1.82) is 0 Å². The third-order valence-corrected chi connectivity index (χ3v) is 5.59. The predicted molar refractivity (Wildman–Crippen MR) is 121 cm³/mol. The monoisotopic (exact) mass is 416 g/mol. The number of aliphatic hydroxyl groups is 1. The lowest BCUT2D eigenvalue weighted by molar-refractivity contribution is -0.000303. The van der Waals surface area contributed by atoms with E-state index in [0.717, 1.165) is 19.3 Å². The van der Waals surface area contributed by atoms with Gasteiger partial charge in [0.2, 0.25) is 0 Å². The predicted octanol–water partition coefficient (Wildman–Crippen LogP) is 5.71. The van der Waals surface area contributed by atoms with Crippen LogP contribution in [0.1, 0.15) is 86.5 Å². The highest BCUT2D eigenvalue weighted by molar-refractivity contribution is 5.66. The first-order chi connectivity index (χ1) is 14.5. The Bertz CT molecular complexity index is 802. The van der Waals surface area contributed by atoms with Crippen molar-refractivity contribution in [3.05, 3.63) is 57.7 Å². The van der Waals surface area contributed by atoms with Crippen molar-refractivity contribution < 1.29 is 19.0 Å². The van der Waals surface area contributed by atoms with E-state index in [-0.39, 0.29) is 16.8 Å². The second kappa shape index (κ2) is 12.6. The Kier molecular flexibility index (Phi) is 10.1. The number of unbranched alkanes of at least 4 members (excludes halogenated alkanes) is 8. The van der Waals surface area contributed by atoms with Crippen LogP contribution in [0.2, 0.25) is 0 Å². The Morgan fingerprint density at radius 3 is 2.33 bits per heavy atom.